The van der Waals surface area contributed by atoms with Gasteiger partial charge in [0.15, 0.2) is 11.6 Å². The van der Waals surface area contributed by atoms with Crippen molar-refractivity contribution in [3.05, 3.63) is 70.1 Å². The largest absolute Gasteiger partial charge is 0.573 e. The number of hydrogen-bond acceptors (Lipinski definition) is 3. The van der Waals surface area contributed by atoms with Crippen molar-refractivity contribution in [3.8, 4) is 11.5 Å². The molecule has 1 aliphatic carbocycles. The highest BCUT2D eigenvalue weighted by atomic mass is 19.4. The van der Waals surface area contributed by atoms with Gasteiger partial charge in [0.25, 0.3) is 0 Å². The fraction of sp³-hybridized carbons (Fsp3) is 0.286. The molecular formula is C21H16F6O3. The molecule has 0 amide bonds. The topological polar surface area (TPSA) is 35.5 Å². The third-order valence-electron chi connectivity index (χ3n) is 4.54. The van der Waals surface area contributed by atoms with Crippen molar-refractivity contribution < 1.29 is 40.6 Å². The molecule has 0 aliphatic heterocycles. The summed E-state index contributed by atoms with van der Waals surface area (Å²) < 4.78 is 87.8. The quantitative estimate of drug-likeness (QED) is 0.251. The van der Waals surface area contributed by atoms with E-state index in [1.165, 1.54) is 0 Å². The van der Waals surface area contributed by atoms with Gasteiger partial charge in [-0.2, -0.15) is 0 Å². The monoisotopic (exact) mass is 430 g/mol. The zero-order chi connectivity index (χ0) is 22.1. The summed E-state index contributed by atoms with van der Waals surface area (Å²) in [6.45, 7) is 1.99. The molecule has 2 aromatic rings. The molecule has 0 N–H and O–H groups in total. The Morgan fingerprint density at radius 1 is 1.10 bits per heavy atom. The number of rotatable bonds is 5. The molecule has 0 unspecified atom stereocenters. The Labute approximate surface area is 167 Å². The van der Waals surface area contributed by atoms with Crippen LogP contribution in [0.15, 0.2) is 35.9 Å². The summed E-state index contributed by atoms with van der Waals surface area (Å²) in [5, 5.41) is 0. The standard InChI is InChI=1S/C21H16F6O3/c1-2-3-11-4-6-14-12(8-11)9-16(23)18(19(14)24)20(28)29-13-5-7-17(15(22)10-13)30-21(25,26)27/h4-5,7,9-10H,2-3,6,8H2,1H3. The van der Waals surface area contributed by atoms with Gasteiger partial charge in [0.1, 0.15) is 22.9 Å². The SMILES string of the molecule is CCCC1=CCc2c(cc(F)c(C(=O)Oc3ccc(OC(F)(F)F)c(F)c3)c2F)C1. The van der Waals surface area contributed by atoms with Gasteiger partial charge in [0.05, 0.1) is 0 Å². The molecule has 2 aromatic carbocycles. The molecule has 0 saturated heterocycles. The van der Waals surface area contributed by atoms with Crippen molar-refractivity contribution in [2.75, 3.05) is 0 Å². The van der Waals surface area contributed by atoms with Crippen molar-refractivity contribution in [2.45, 2.75) is 39.0 Å². The van der Waals surface area contributed by atoms with E-state index in [9.17, 15) is 31.1 Å². The summed E-state index contributed by atoms with van der Waals surface area (Å²) in [7, 11) is 0. The molecule has 160 valence electrons. The number of carbonyl (C=O) groups is 1. The van der Waals surface area contributed by atoms with E-state index in [1.807, 2.05) is 13.0 Å². The van der Waals surface area contributed by atoms with E-state index in [-0.39, 0.29) is 12.0 Å². The summed E-state index contributed by atoms with van der Waals surface area (Å²) >= 11 is 0. The second-order valence-corrected chi connectivity index (χ2v) is 6.71. The fourth-order valence-corrected chi connectivity index (χ4v) is 3.26. The first-order valence-corrected chi connectivity index (χ1v) is 9.04. The molecule has 0 spiro atoms. The molecule has 1 aliphatic rings. The van der Waals surface area contributed by atoms with Crippen molar-refractivity contribution in [3.63, 3.8) is 0 Å². The molecule has 0 bridgehead atoms. The first-order valence-electron chi connectivity index (χ1n) is 9.04. The lowest BCUT2D eigenvalue weighted by atomic mass is 9.88. The van der Waals surface area contributed by atoms with E-state index in [2.05, 4.69) is 4.74 Å². The van der Waals surface area contributed by atoms with Gasteiger partial charge in [-0.1, -0.05) is 25.0 Å². The molecular weight excluding hydrogens is 414 g/mol. The van der Waals surface area contributed by atoms with Crippen LogP contribution < -0.4 is 9.47 Å². The summed E-state index contributed by atoms with van der Waals surface area (Å²) in [4.78, 5) is 12.3. The van der Waals surface area contributed by atoms with E-state index >= 15 is 0 Å². The van der Waals surface area contributed by atoms with Gasteiger partial charge in [0, 0.05) is 6.07 Å². The van der Waals surface area contributed by atoms with Crippen LogP contribution in [0.3, 0.4) is 0 Å². The van der Waals surface area contributed by atoms with Crippen molar-refractivity contribution >= 4 is 5.97 Å². The molecule has 0 saturated carbocycles. The average molecular weight is 430 g/mol. The highest BCUT2D eigenvalue weighted by Crippen LogP contribution is 2.31. The van der Waals surface area contributed by atoms with E-state index in [0.717, 1.165) is 30.5 Å². The predicted molar refractivity (Wildman–Crippen MR) is 94.8 cm³/mol. The Morgan fingerprint density at radius 2 is 1.83 bits per heavy atom. The van der Waals surface area contributed by atoms with Gasteiger partial charge < -0.3 is 9.47 Å². The number of ether oxygens (including phenoxy) is 2. The summed E-state index contributed by atoms with van der Waals surface area (Å²) in [6.07, 6.45) is -1.03. The van der Waals surface area contributed by atoms with Crippen molar-refractivity contribution in [2.24, 2.45) is 0 Å². The van der Waals surface area contributed by atoms with Gasteiger partial charge in [-0.3, -0.25) is 0 Å². The van der Waals surface area contributed by atoms with Crippen LogP contribution in [0, 0.1) is 17.5 Å². The van der Waals surface area contributed by atoms with Gasteiger partial charge in [-0.15, -0.1) is 13.2 Å². The van der Waals surface area contributed by atoms with Crippen LogP contribution in [0.4, 0.5) is 26.3 Å². The molecule has 0 radical (unpaired) electrons. The third kappa shape index (κ3) is 4.77. The molecule has 30 heavy (non-hydrogen) atoms. The fourth-order valence-electron chi connectivity index (χ4n) is 3.26. The molecule has 9 heteroatoms. The summed E-state index contributed by atoms with van der Waals surface area (Å²) in [5.41, 5.74) is 0.711. The highest BCUT2D eigenvalue weighted by Gasteiger charge is 2.32. The predicted octanol–water partition coefficient (Wildman–Crippen LogP) is 6.05. The minimum absolute atomic E-state index is 0.170. The minimum atomic E-state index is -5.11. The number of halogens is 6. The maximum Gasteiger partial charge on any atom is 0.573 e. The van der Waals surface area contributed by atoms with Crippen LogP contribution in [0.1, 0.15) is 41.3 Å². The first kappa shape index (κ1) is 21.7. The number of esters is 1. The lowest BCUT2D eigenvalue weighted by Gasteiger charge is -2.19. The Morgan fingerprint density at radius 3 is 2.47 bits per heavy atom. The van der Waals surface area contributed by atoms with E-state index in [4.69, 9.17) is 4.74 Å². The second-order valence-electron chi connectivity index (χ2n) is 6.71. The molecule has 3 rings (SSSR count). The maximum absolute atomic E-state index is 14.8. The number of allylic oxidation sites excluding steroid dienone is 2. The molecule has 3 nitrogen and oxygen atoms in total. The number of alkyl halides is 3. The molecule has 0 heterocycles. The van der Waals surface area contributed by atoms with Crippen LogP contribution >= 0.6 is 0 Å². The third-order valence-corrected chi connectivity index (χ3v) is 4.54. The maximum atomic E-state index is 14.8. The molecule has 0 aromatic heterocycles. The first-order chi connectivity index (χ1) is 14.1. The summed E-state index contributed by atoms with van der Waals surface area (Å²) in [5.74, 6) is -6.76. The number of hydrogen-bond donors (Lipinski definition) is 0. The number of fused-ring (bicyclic) bond motifs is 1. The highest BCUT2D eigenvalue weighted by molar-refractivity contribution is 5.92. The lowest BCUT2D eigenvalue weighted by Crippen LogP contribution is -2.19. The van der Waals surface area contributed by atoms with Crippen LogP contribution in [0.25, 0.3) is 0 Å². The van der Waals surface area contributed by atoms with Crippen LogP contribution in [0.5, 0.6) is 11.5 Å². The van der Waals surface area contributed by atoms with Gasteiger partial charge in [-0.25, -0.2) is 18.0 Å². The Bertz CT molecular complexity index is 1010. The Balaban J connectivity index is 1.83. The number of benzene rings is 2. The lowest BCUT2D eigenvalue weighted by molar-refractivity contribution is -0.275. The molecule has 0 fully saturated rings. The number of carbonyl (C=O) groups excluding carboxylic acids is 1. The van der Waals surface area contributed by atoms with Crippen LogP contribution in [0.2, 0.25) is 0 Å². The van der Waals surface area contributed by atoms with Crippen LogP contribution in [-0.2, 0) is 12.8 Å². The van der Waals surface area contributed by atoms with E-state index < -0.39 is 46.8 Å². The molecule has 0 atom stereocenters. The Hall–Kier alpha value is -2.97. The van der Waals surface area contributed by atoms with Gasteiger partial charge >= 0.3 is 12.3 Å². The normalized spacial score (nSPS) is 13.5. The summed E-state index contributed by atoms with van der Waals surface area (Å²) in [6, 6.07) is 2.92. The minimum Gasteiger partial charge on any atom is -0.423 e. The van der Waals surface area contributed by atoms with Crippen molar-refractivity contribution in [1.82, 2.24) is 0 Å². The van der Waals surface area contributed by atoms with Crippen LogP contribution in [-0.4, -0.2) is 12.3 Å². The second kappa shape index (κ2) is 8.41. The van der Waals surface area contributed by atoms with E-state index in [1.54, 1.807) is 0 Å². The average Bonchev–Trinajstić information content (AvgIpc) is 2.63. The smallest absolute Gasteiger partial charge is 0.423 e. The zero-order valence-corrected chi connectivity index (χ0v) is 15.7. The zero-order valence-electron chi connectivity index (χ0n) is 15.7. The van der Waals surface area contributed by atoms with E-state index in [0.29, 0.717) is 24.1 Å². The van der Waals surface area contributed by atoms with Gasteiger partial charge in [0.2, 0.25) is 0 Å². The van der Waals surface area contributed by atoms with Crippen molar-refractivity contribution in [1.29, 1.82) is 0 Å². The van der Waals surface area contributed by atoms with Gasteiger partial charge in [-0.05, 0) is 48.6 Å². The Kier molecular flexibility index (Phi) is 6.09.